The molecule has 1 aliphatic heterocycles. The summed E-state index contributed by atoms with van der Waals surface area (Å²) in [6.07, 6.45) is 4.43. The van der Waals surface area contributed by atoms with Crippen molar-refractivity contribution in [2.24, 2.45) is 0 Å². The predicted octanol–water partition coefficient (Wildman–Crippen LogP) is 5.63. The fourth-order valence-corrected chi connectivity index (χ4v) is 4.83. The Labute approximate surface area is 191 Å². The highest BCUT2D eigenvalue weighted by Gasteiger charge is 2.49. The van der Waals surface area contributed by atoms with E-state index in [0.29, 0.717) is 17.4 Å². The van der Waals surface area contributed by atoms with Crippen molar-refractivity contribution in [3.8, 4) is 5.75 Å². The molecule has 1 N–H and O–H groups in total. The normalized spacial score (nSPS) is 21.2. The molecule has 2 fully saturated rings. The summed E-state index contributed by atoms with van der Waals surface area (Å²) >= 11 is 6.16. The first kappa shape index (κ1) is 22.3. The lowest BCUT2D eigenvalue weighted by molar-refractivity contribution is -0.141. The zero-order valence-electron chi connectivity index (χ0n) is 17.8. The van der Waals surface area contributed by atoms with Crippen LogP contribution in [0.4, 0.5) is 4.39 Å². The number of benzene rings is 2. The SMILES string of the molecule is CCOc1cc(/C(O)=C2\C(=O)C(=O)N(C3CCCCC3)C2c2ccccc2F)ccc1Cl. The van der Waals surface area contributed by atoms with E-state index >= 15 is 0 Å². The average molecular weight is 458 g/mol. The molecule has 2 aromatic carbocycles. The van der Waals surface area contributed by atoms with Gasteiger partial charge in [0.1, 0.15) is 17.3 Å². The Balaban J connectivity index is 1.88. The molecule has 1 unspecified atom stereocenters. The van der Waals surface area contributed by atoms with E-state index in [1.165, 1.54) is 17.0 Å². The molecule has 168 valence electrons. The van der Waals surface area contributed by atoms with Crippen LogP contribution in [0.3, 0.4) is 0 Å². The van der Waals surface area contributed by atoms with Gasteiger partial charge >= 0.3 is 0 Å². The van der Waals surface area contributed by atoms with Gasteiger partial charge in [0.15, 0.2) is 0 Å². The van der Waals surface area contributed by atoms with Gasteiger partial charge in [-0.1, -0.05) is 49.1 Å². The minimum atomic E-state index is -0.995. The third kappa shape index (κ3) is 3.99. The lowest BCUT2D eigenvalue weighted by Gasteiger charge is -2.35. The van der Waals surface area contributed by atoms with Crippen molar-refractivity contribution in [2.45, 2.75) is 51.1 Å². The van der Waals surface area contributed by atoms with Gasteiger partial charge in [-0.25, -0.2) is 4.39 Å². The van der Waals surface area contributed by atoms with Crippen molar-refractivity contribution in [3.05, 3.63) is 70.0 Å². The fraction of sp³-hybridized carbons (Fsp3) is 0.360. The summed E-state index contributed by atoms with van der Waals surface area (Å²) in [7, 11) is 0. The van der Waals surface area contributed by atoms with E-state index in [0.717, 1.165) is 32.1 Å². The number of carbonyl (C=O) groups excluding carboxylic acids is 2. The fourth-order valence-electron chi connectivity index (χ4n) is 4.66. The van der Waals surface area contributed by atoms with Gasteiger partial charge in [-0.3, -0.25) is 9.59 Å². The number of ether oxygens (including phenoxy) is 1. The molecule has 32 heavy (non-hydrogen) atoms. The van der Waals surface area contributed by atoms with Gasteiger partial charge < -0.3 is 14.7 Å². The van der Waals surface area contributed by atoms with Gasteiger partial charge in [-0.05, 0) is 44.0 Å². The number of hydrogen-bond acceptors (Lipinski definition) is 4. The zero-order valence-corrected chi connectivity index (χ0v) is 18.6. The van der Waals surface area contributed by atoms with E-state index < -0.39 is 23.5 Å². The number of halogens is 2. The second kappa shape index (κ2) is 9.33. The molecule has 5 nitrogen and oxygen atoms in total. The monoisotopic (exact) mass is 457 g/mol. The summed E-state index contributed by atoms with van der Waals surface area (Å²) in [6, 6.07) is 9.52. The predicted molar refractivity (Wildman–Crippen MR) is 120 cm³/mol. The molecule has 0 radical (unpaired) electrons. The number of amides is 1. The molecule has 2 aromatic rings. The van der Waals surface area contributed by atoms with Crippen molar-refractivity contribution in [1.29, 1.82) is 0 Å². The van der Waals surface area contributed by atoms with E-state index in [4.69, 9.17) is 16.3 Å². The van der Waals surface area contributed by atoms with Crippen LogP contribution in [0.1, 0.15) is 56.2 Å². The van der Waals surface area contributed by atoms with Crippen LogP contribution < -0.4 is 4.74 Å². The van der Waals surface area contributed by atoms with E-state index in [9.17, 15) is 19.1 Å². The summed E-state index contributed by atoms with van der Waals surface area (Å²) < 4.78 is 20.4. The quantitative estimate of drug-likeness (QED) is 0.359. The second-order valence-electron chi connectivity index (χ2n) is 8.10. The van der Waals surface area contributed by atoms with Gasteiger partial charge in [-0.15, -0.1) is 0 Å². The molecule has 0 aromatic heterocycles. The molecule has 7 heteroatoms. The summed E-state index contributed by atoms with van der Waals surface area (Å²) in [5.41, 5.74) is 0.356. The highest BCUT2D eigenvalue weighted by atomic mass is 35.5. The largest absolute Gasteiger partial charge is 0.507 e. The highest BCUT2D eigenvalue weighted by Crippen LogP contribution is 2.44. The lowest BCUT2D eigenvalue weighted by Crippen LogP contribution is -2.40. The van der Waals surface area contributed by atoms with E-state index in [2.05, 4.69) is 0 Å². The molecule has 1 saturated heterocycles. The number of hydrogen-bond donors (Lipinski definition) is 1. The molecule has 2 aliphatic rings. The Morgan fingerprint density at radius 1 is 1.16 bits per heavy atom. The van der Waals surface area contributed by atoms with Crippen LogP contribution in [-0.2, 0) is 9.59 Å². The number of likely N-dealkylation sites (tertiary alicyclic amines) is 1. The number of nitrogens with zero attached hydrogens (tertiary/aromatic N) is 1. The molecule has 1 atom stereocenters. The summed E-state index contributed by atoms with van der Waals surface area (Å²) in [5.74, 6) is -2.06. The lowest BCUT2D eigenvalue weighted by atomic mass is 9.90. The smallest absolute Gasteiger partial charge is 0.295 e. The van der Waals surface area contributed by atoms with E-state index in [1.54, 1.807) is 37.3 Å². The average Bonchev–Trinajstić information content (AvgIpc) is 3.06. The molecular weight excluding hydrogens is 433 g/mol. The molecule has 0 bridgehead atoms. The summed E-state index contributed by atoms with van der Waals surface area (Å²) in [5, 5.41) is 11.5. The minimum absolute atomic E-state index is 0.115. The second-order valence-corrected chi connectivity index (χ2v) is 8.51. The Kier molecular flexibility index (Phi) is 6.51. The van der Waals surface area contributed by atoms with Crippen molar-refractivity contribution in [1.82, 2.24) is 4.90 Å². The van der Waals surface area contributed by atoms with Crippen LogP contribution in [0.15, 0.2) is 48.0 Å². The third-order valence-corrected chi connectivity index (χ3v) is 6.46. The topological polar surface area (TPSA) is 66.8 Å². The van der Waals surface area contributed by atoms with Crippen LogP contribution in [0.2, 0.25) is 5.02 Å². The number of ketones is 1. The van der Waals surface area contributed by atoms with Gasteiger partial charge in [0.2, 0.25) is 0 Å². The van der Waals surface area contributed by atoms with Crippen molar-refractivity contribution in [3.63, 3.8) is 0 Å². The highest BCUT2D eigenvalue weighted by molar-refractivity contribution is 6.46. The van der Waals surface area contributed by atoms with Gasteiger partial charge in [0.05, 0.1) is 23.2 Å². The first-order valence-electron chi connectivity index (χ1n) is 10.9. The first-order chi connectivity index (χ1) is 15.4. The number of Topliss-reactive ketones (excluding diaryl/α,β-unsaturated/α-hetero) is 1. The third-order valence-electron chi connectivity index (χ3n) is 6.15. The minimum Gasteiger partial charge on any atom is -0.507 e. The summed E-state index contributed by atoms with van der Waals surface area (Å²) in [6.45, 7) is 2.17. The van der Waals surface area contributed by atoms with Crippen LogP contribution in [-0.4, -0.2) is 34.3 Å². The molecule has 4 rings (SSSR count). The number of carbonyl (C=O) groups is 2. The zero-order chi connectivity index (χ0) is 22.8. The van der Waals surface area contributed by atoms with Crippen molar-refractivity contribution >= 4 is 29.1 Å². The van der Waals surface area contributed by atoms with E-state index in [-0.39, 0.29) is 28.5 Å². The molecular formula is C25H25ClFNO4. The Hall–Kier alpha value is -2.86. The molecule has 1 aliphatic carbocycles. The van der Waals surface area contributed by atoms with E-state index in [1.807, 2.05) is 0 Å². The Morgan fingerprint density at radius 3 is 2.56 bits per heavy atom. The Bertz CT molecular complexity index is 1080. The maximum Gasteiger partial charge on any atom is 0.295 e. The number of aliphatic hydroxyl groups excluding tert-OH is 1. The number of rotatable bonds is 5. The number of aliphatic hydroxyl groups is 1. The maximum atomic E-state index is 14.9. The molecule has 1 amide bonds. The van der Waals surface area contributed by atoms with Crippen LogP contribution in [0, 0.1) is 5.82 Å². The van der Waals surface area contributed by atoms with Crippen LogP contribution in [0.5, 0.6) is 5.75 Å². The van der Waals surface area contributed by atoms with Crippen LogP contribution >= 0.6 is 11.6 Å². The maximum absolute atomic E-state index is 14.9. The van der Waals surface area contributed by atoms with Gasteiger partial charge in [-0.2, -0.15) is 0 Å². The Morgan fingerprint density at radius 2 is 1.88 bits per heavy atom. The molecule has 1 saturated carbocycles. The molecule has 0 spiro atoms. The first-order valence-corrected chi connectivity index (χ1v) is 11.3. The van der Waals surface area contributed by atoms with Crippen molar-refractivity contribution < 1.29 is 23.8 Å². The molecule has 1 heterocycles. The van der Waals surface area contributed by atoms with Crippen LogP contribution in [0.25, 0.3) is 5.76 Å². The van der Waals surface area contributed by atoms with Crippen molar-refractivity contribution in [2.75, 3.05) is 6.61 Å². The summed E-state index contributed by atoms with van der Waals surface area (Å²) in [4.78, 5) is 27.8. The van der Waals surface area contributed by atoms with Gasteiger partial charge in [0, 0.05) is 17.2 Å². The van der Waals surface area contributed by atoms with Gasteiger partial charge in [0.25, 0.3) is 11.7 Å². The standard InChI is InChI=1S/C25H25ClFNO4/c1-2-32-20-14-15(12-13-18(20)26)23(29)21-22(17-10-6-7-11-19(17)27)28(25(31)24(21)30)16-8-4-3-5-9-16/h6-7,10-14,16,22,29H,2-5,8-9H2,1H3/b23-21+.